The topological polar surface area (TPSA) is 84.9 Å². The summed E-state index contributed by atoms with van der Waals surface area (Å²) in [6.07, 6.45) is 3.21. The highest BCUT2D eigenvalue weighted by Crippen LogP contribution is 2.13. The Hall–Kier alpha value is -3.32. The summed E-state index contributed by atoms with van der Waals surface area (Å²) >= 11 is 0. The lowest BCUT2D eigenvalue weighted by Crippen LogP contribution is -2.32. The Kier molecular flexibility index (Phi) is 6.64. The fourth-order valence-electron chi connectivity index (χ4n) is 2.72. The van der Waals surface area contributed by atoms with E-state index in [4.69, 9.17) is 13.6 Å². The summed E-state index contributed by atoms with van der Waals surface area (Å²) < 4.78 is 15.7. The van der Waals surface area contributed by atoms with Crippen molar-refractivity contribution in [1.29, 1.82) is 0 Å². The third-order valence-corrected chi connectivity index (χ3v) is 3.97. The van der Waals surface area contributed by atoms with Crippen molar-refractivity contribution in [2.45, 2.75) is 20.0 Å². The zero-order valence-electron chi connectivity index (χ0n) is 15.6. The molecule has 3 aromatic rings. The van der Waals surface area contributed by atoms with E-state index in [9.17, 15) is 9.59 Å². The first kappa shape index (κ1) is 19.4. The number of rotatable bonds is 9. The van der Waals surface area contributed by atoms with Crippen LogP contribution in [0.4, 0.5) is 5.69 Å². The lowest BCUT2D eigenvalue weighted by molar-refractivity contribution is -0.117. The monoisotopic (exact) mass is 382 g/mol. The molecule has 0 atom stereocenters. The van der Waals surface area contributed by atoms with Crippen molar-refractivity contribution in [1.82, 2.24) is 4.90 Å². The number of carbonyl (C=O) groups is 2. The summed E-state index contributed by atoms with van der Waals surface area (Å²) in [6, 6.07) is 13.9. The quantitative estimate of drug-likeness (QED) is 0.568. The number of benzene rings is 1. The highest BCUT2D eigenvalue weighted by molar-refractivity contribution is 5.94. The van der Waals surface area contributed by atoms with Crippen LogP contribution < -0.4 is 5.32 Å². The van der Waals surface area contributed by atoms with Gasteiger partial charge < -0.3 is 18.9 Å². The standard InChI is InChI=1S/C21H22N2O5/c1-2-26-21(25)16-7-9-17(10-8-16)22-20(24)15-23(13-18-5-3-11-27-18)14-19-6-4-12-28-19/h3-12H,2,13-15H2,1H3,(H,22,24). The van der Waals surface area contributed by atoms with Gasteiger partial charge in [-0.15, -0.1) is 0 Å². The third kappa shape index (κ3) is 5.59. The maximum atomic E-state index is 12.5. The van der Waals surface area contributed by atoms with E-state index < -0.39 is 0 Å². The minimum absolute atomic E-state index is 0.154. The van der Waals surface area contributed by atoms with Crippen LogP contribution in [0.15, 0.2) is 69.9 Å². The predicted octanol–water partition coefficient (Wildman–Crippen LogP) is 3.69. The Bertz CT molecular complexity index is 834. The first-order chi connectivity index (χ1) is 13.6. The van der Waals surface area contributed by atoms with Crippen LogP contribution in [0.1, 0.15) is 28.8 Å². The van der Waals surface area contributed by atoms with Gasteiger partial charge in [0.15, 0.2) is 0 Å². The van der Waals surface area contributed by atoms with E-state index in [1.165, 1.54) is 0 Å². The number of hydrogen-bond donors (Lipinski definition) is 1. The van der Waals surface area contributed by atoms with E-state index in [-0.39, 0.29) is 18.4 Å². The van der Waals surface area contributed by atoms with Crippen LogP contribution in [0.2, 0.25) is 0 Å². The average molecular weight is 382 g/mol. The summed E-state index contributed by atoms with van der Waals surface area (Å²) in [5.74, 6) is 0.960. The van der Waals surface area contributed by atoms with Crippen molar-refractivity contribution >= 4 is 17.6 Å². The highest BCUT2D eigenvalue weighted by atomic mass is 16.5. The third-order valence-electron chi connectivity index (χ3n) is 3.97. The molecular formula is C21H22N2O5. The minimum Gasteiger partial charge on any atom is -0.468 e. The second kappa shape index (κ2) is 9.57. The molecule has 3 rings (SSSR count). The van der Waals surface area contributed by atoms with E-state index in [2.05, 4.69) is 5.32 Å². The van der Waals surface area contributed by atoms with Crippen molar-refractivity contribution in [3.05, 3.63) is 78.1 Å². The Morgan fingerprint density at radius 1 is 0.964 bits per heavy atom. The number of amides is 1. The first-order valence-electron chi connectivity index (χ1n) is 8.98. The second-order valence-electron chi connectivity index (χ2n) is 6.15. The van der Waals surface area contributed by atoms with Gasteiger partial charge in [-0.1, -0.05) is 0 Å². The van der Waals surface area contributed by atoms with Crippen LogP contribution in [0, 0.1) is 0 Å². The van der Waals surface area contributed by atoms with Gasteiger partial charge in [-0.2, -0.15) is 0 Å². The second-order valence-corrected chi connectivity index (χ2v) is 6.15. The van der Waals surface area contributed by atoms with Crippen LogP contribution in [-0.2, 0) is 22.6 Å². The van der Waals surface area contributed by atoms with Crippen molar-refractivity contribution in [3.8, 4) is 0 Å². The van der Waals surface area contributed by atoms with Crippen LogP contribution in [0.5, 0.6) is 0 Å². The number of hydrogen-bond acceptors (Lipinski definition) is 6. The Labute approximate surface area is 162 Å². The van der Waals surface area contributed by atoms with Crippen molar-refractivity contribution in [2.75, 3.05) is 18.5 Å². The molecule has 1 aromatic carbocycles. The summed E-state index contributed by atoms with van der Waals surface area (Å²) in [4.78, 5) is 26.1. The molecule has 7 heteroatoms. The molecule has 28 heavy (non-hydrogen) atoms. The van der Waals surface area contributed by atoms with Gasteiger partial charge in [0.2, 0.25) is 5.91 Å². The molecule has 0 aliphatic heterocycles. The molecule has 7 nitrogen and oxygen atoms in total. The van der Waals surface area contributed by atoms with Gasteiger partial charge in [0.1, 0.15) is 11.5 Å². The van der Waals surface area contributed by atoms with Crippen LogP contribution in [-0.4, -0.2) is 29.9 Å². The minimum atomic E-state index is -0.386. The molecule has 1 N–H and O–H groups in total. The zero-order valence-corrected chi connectivity index (χ0v) is 15.6. The molecule has 2 aromatic heterocycles. The number of anilines is 1. The fraction of sp³-hybridized carbons (Fsp3) is 0.238. The molecule has 2 heterocycles. The van der Waals surface area contributed by atoms with Gasteiger partial charge in [0, 0.05) is 5.69 Å². The summed E-state index contributed by atoms with van der Waals surface area (Å²) in [5, 5.41) is 2.84. The fourth-order valence-corrected chi connectivity index (χ4v) is 2.72. The van der Waals surface area contributed by atoms with E-state index in [0.29, 0.717) is 30.9 Å². The number of nitrogens with zero attached hydrogens (tertiary/aromatic N) is 1. The number of esters is 1. The Balaban J connectivity index is 1.60. The Morgan fingerprint density at radius 3 is 2.07 bits per heavy atom. The van der Waals surface area contributed by atoms with Gasteiger partial charge >= 0.3 is 5.97 Å². The number of furan rings is 2. The molecular weight excluding hydrogens is 360 g/mol. The maximum absolute atomic E-state index is 12.5. The van der Waals surface area contributed by atoms with Crippen molar-refractivity contribution in [3.63, 3.8) is 0 Å². The van der Waals surface area contributed by atoms with E-state index in [1.807, 2.05) is 29.2 Å². The van der Waals surface area contributed by atoms with Crippen LogP contribution in [0.3, 0.4) is 0 Å². The number of carbonyl (C=O) groups excluding carboxylic acids is 2. The molecule has 0 bridgehead atoms. The molecule has 146 valence electrons. The predicted molar refractivity (Wildman–Crippen MR) is 103 cm³/mol. The lowest BCUT2D eigenvalue weighted by atomic mass is 10.2. The van der Waals surface area contributed by atoms with Gasteiger partial charge in [-0.25, -0.2) is 4.79 Å². The Morgan fingerprint density at radius 2 is 1.57 bits per heavy atom. The van der Waals surface area contributed by atoms with Gasteiger partial charge in [-0.3, -0.25) is 9.69 Å². The summed E-state index contributed by atoms with van der Waals surface area (Å²) in [5.41, 5.74) is 1.05. The van der Waals surface area contributed by atoms with Gasteiger partial charge in [0.05, 0.1) is 44.3 Å². The number of ether oxygens (including phenoxy) is 1. The molecule has 0 aliphatic rings. The van der Waals surface area contributed by atoms with Crippen molar-refractivity contribution in [2.24, 2.45) is 0 Å². The molecule has 0 radical (unpaired) electrons. The highest BCUT2D eigenvalue weighted by Gasteiger charge is 2.15. The van der Waals surface area contributed by atoms with E-state index in [1.54, 1.807) is 43.7 Å². The molecule has 0 unspecified atom stereocenters. The molecule has 0 fully saturated rings. The van der Waals surface area contributed by atoms with Crippen molar-refractivity contribution < 1.29 is 23.2 Å². The van der Waals surface area contributed by atoms with Crippen LogP contribution >= 0.6 is 0 Å². The summed E-state index contributed by atoms with van der Waals surface area (Å²) in [7, 11) is 0. The molecule has 0 aliphatic carbocycles. The summed E-state index contributed by atoms with van der Waals surface area (Å²) in [6.45, 7) is 3.18. The molecule has 0 saturated carbocycles. The number of nitrogens with one attached hydrogen (secondary N) is 1. The molecule has 0 spiro atoms. The van der Waals surface area contributed by atoms with E-state index >= 15 is 0 Å². The SMILES string of the molecule is CCOC(=O)c1ccc(NC(=O)CN(Cc2ccco2)Cc2ccco2)cc1. The normalized spacial score (nSPS) is 10.8. The van der Waals surface area contributed by atoms with Gasteiger partial charge in [0.25, 0.3) is 0 Å². The largest absolute Gasteiger partial charge is 0.468 e. The smallest absolute Gasteiger partial charge is 0.338 e. The zero-order chi connectivity index (χ0) is 19.8. The first-order valence-corrected chi connectivity index (χ1v) is 8.98. The molecule has 0 saturated heterocycles. The average Bonchev–Trinajstić information content (AvgIpc) is 3.36. The molecule has 1 amide bonds. The lowest BCUT2D eigenvalue weighted by Gasteiger charge is -2.19. The van der Waals surface area contributed by atoms with E-state index in [0.717, 1.165) is 11.5 Å². The van der Waals surface area contributed by atoms with Crippen LogP contribution in [0.25, 0.3) is 0 Å². The van der Waals surface area contributed by atoms with Gasteiger partial charge in [-0.05, 0) is 55.5 Å². The maximum Gasteiger partial charge on any atom is 0.338 e.